The number of nitrogens with zero attached hydrogens (tertiary/aromatic N) is 3. The number of rotatable bonds is 4. The average Bonchev–Trinajstić information content (AvgIpc) is 2.73. The van der Waals surface area contributed by atoms with Crippen LogP contribution >= 0.6 is 0 Å². The first-order valence-corrected chi connectivity index (χ1v) is 7.91. The van der Waals surface area contributed by atoms with Crippen molar-refractivity contribution < 1.29 is 9.59 Å². The number of benzene rings is 1. The van der Waals surface area contributed by atoms with Crippen LogP contribution in [-0.2, 0) is 24.3 Å². The fourth-order valence-corrected chi connectivity index (χ4v) is 2.78. The van der Waals surface area contributed by atoms with Gasteiger partial charge in [-0.2, -0.15) is 5.10 Å². The molecule has 3 rings (SSSR count). The molecule has 0 bridgehead atoms. The number of nitrogens with one attached hydrogen (secondary N) is 1. The van der Waals surface area contributed by atoms with Gasteiger partial charge in [-0.05, 0) is 37.1 Å². The molecule has 0 radical (unpaired) electrons. The van der Waals surface area contributed by atoms with Crippen LogP contribution in [0.15, 0.2) is 29.1 Å². The van der Waals surface area contributed by atoms with Crippen molar-refractivity contribution in [1.29, 1.82) is 0 Å². The summed E-state index contributed by atoms with van der Waals surface area (Å²) in [5, 5.41) is 6.95. The van der Waals surface area contributed by atoms with E-state index in [1.807, 2.05) is 0 Å². The predicted octanol–water partition coefficient (Wildman–Crippen LogP) is 0.509. The molecule has 3 N–H and O–H groups in total. The summed E-state index contributed by atoms with van der Waals surface area (Å²) in [5.41, 5.74) is 5.81. The molecule has 2 heterocycles. The van der Waals surface area contributed by atoms with E-state index < -0.39 is 5.91 Å². The van der Waals surface area contributed by atoms with Crippen molar-refractivity contribution in [2.24, 2.45) is 5.73 Å². The third-order valence-corrected chi connectivity index (χ3v) is 4.03. The molecule has 0 fully saturated rings. The van der Waals surface area contributed by atoms with Gasteiger partial charge in [0.25, 0.3) is 0 Å². The van der Waals surface area contributed by atoms with Crippen molar-refractivity contribution in [3.63, 3.8) is 0 Å². The summed E-state index contributed by atoms with van der Waals surface area (Å²) in [5.74, 6) is -0.132. The number of carbonyl (C=O) groups is 2. The van der Waals surface area contributed by atoms with Gasteiger partial charge in [0, 0.05) is 24.2 Å². The minimum Gasteiger partial charge on any atom is -0.366 e. The molecule has 0 atom stereocenters. The molecular formula is C16H19N5O3. The Bertz CT molecular complexity index is 819. The topological polar surface area (TPSA) is 112 Å². The van der Waals surface area contributed by atoms with E-state index in [9.17, 15) is 14.4 Å². The lowest BCUT2D eigenvalue weighted by atomic mass is 10.2. The summed E-state index contributed by atoms with van der Waals surface area (Å²) in [6.07, 6.45) is 3.81. The van der Waals surface area contributed by atoms with Gasteiger partial charge in [0.1, 0.15) is 12.4 Å². The number of fused-ring (bicyclic) bond motifs is 1. The number of anilines is 1. The molecule has 0 spiro atoms. The van der Waals surface area contributed by atoms with E-state index in [1.54, 1.807) is 16.7 Å². The lowest BCUT2D eigenvalue weighted by molar-refractivity contribution is -0.117. The van der Waals surface area contributed by atoms with Gasteiger partial charge in [-0.1, -0.05) is 6.42 Å². The number of nitrogens with two attached hydrogens (primary N) is 1. The first-order valence-electron chi connectivity index (χ1n) is 7.91. The normalized spacial score (nSPS) is 13.8. The third kappa shape index (κ3) is 3.37. The molecule has 1 aromatic heterocycles. The number of amides is 2. The highest BCUT2D eigenvalue weighted by Crippen LogP contribution is 2.11. The van der Waals surface area contributed by atoms with Gasteiger partial charge in [-0.15, -0.1) is 0 Å². The smallest absolute Gasteiger partial charge is 0.346 e. The van der Waals surface area contributed by atoms with E-state index in [0.717, 1.165) is 31.5 Å². The monoisotopic (exact) mass is 329 g/mol. The molecule has 2 amide bonds. The maximum absolute atomic E-state index is 12.3. The minimum atomic E-state index is -0.529. The molecule has 2 aromatic rings. The number of carbonyl (C=O) groups excluding carboxylic acids is 2. The molecule has 0 unspecified atom stereocenters. The number of hydrogen-bond acceptors (Lipinski definition) is 4. The standard InChI is InChI=1S/C16H19N5O3/c17-15(23)11-5-7-12(8-6-11)18-14(22)10-21-16(24)20-9-3-1-2-4-13(20)19-21/h5-8H,1-4,9-10H2,(H2,17,23)(H,18,22). The van der Waals surface area contributed by atoms with E-state index in [2.05, 4.69) is 10.4 Å². The Morgan fingerprint density at radius 1 is 1.17 bits per heavy atom. The Balaban J connectivity index is 1.69. The maximum atomic E-state index is 12.3. The quantitative estimate of drug-likeness (QED) is 0.851. The van der Waals surface area contributed by atoms with Crippen LogP contribution in [0.5, 0.6) is 0 Å². The van der Waals surface area contributed by atoms with E-state index in [4.69, 9.17) is 5.73 Å². The molecule has 126 valence electrons. The summed E-state index contributed by atoms with van der Waals surface area (Å²) < 4.78 is 2.86. The van der Waals surface area contributed by atoms with Gasteiger partial charge in [0.2, 0.25) is 11.8 Å². The first kappa shape index (κ1) is 16.0. The van der Waals surface area contributed by atoms with E-state index >= 15 is 0 Å². The second-order valence-electron chi connectivity index (χ2n) is 5.81. The lowest BCUT2D eigenvalue weighted by Gasteiger charge is -2.05. The maximum Gasteiger partial charge on any atom is 0.346 e. The van der Waals surface area contributed by atoms with E-state index in [0.29, 0.717) is 17.8 Å². The summed E-state index contributed by atoms with van der Waals surface area (Å²) in [6.45, 7) is 0.515. The van der Waals surface area contributed by atoms with Crippen LogP contribution in [0.25, 0.3) is 0 Å². The molecule has 24 heavy (non-hydrogen) atoms. The molecule has 8 nitrogen and oxygen atoms in total. The summed E-state index contributed by atoms with van der Waals surface area (Å²) in [4.78, 5) is 35.4. The van der Waals surface area contributed by atoms with Crippen molar-refractivity contribution >= 4 is 17.5 Å². The van der Waals surface area contributed by atoms with Crippen molar-refractivity contribution in [3.8, 4) is 0 Å². The van der Waals surface area contributed by atoms with Crippen LogP contribution in [0.3, 0.4) is 0 Å². The van der Waals surface area contributed by atoms with Gasteiger partial charge in [-0.3, -0.25) is 14.2 Å². The van der Waals surface area contributed by atoms with Crippen LogP contribution < -0.4 is 16.7 Å². The number of primary amides is 1. The fourth-order valence-electron chi connectivity index (χ4n) is 2.78. The van der Waals surface area contributed by atoms with Gasteiger partial charge in [0.05, 0.1) is 0 Å². The Hall–Kier alpha value is -2.90. The Morgan fingerprint density at radius 2 is 1.92 bits per heavy atom. The Kier molecular flexibility index (Phi) is 4.45. The molecule has 0 aliphatic carbocycles. The van der Waals surface area contributed by atoms with Gasteiger partial charge < -0.3 is 11.1 Å². The van der Waals surface area contributed by atoms with Crippen LogP contribution in [0.2, 0.25) is 0 Å². The second-order valence-corrected chi connectivity index (χ2v) is 5.81. The summed E-state index contributed by atoms with van der Waals surface area (Å²) >= 11 is 0. The van der Waals surface area contributed by atoms with Crippen molar-refractivity contribution in [1.82, 2.24) is 14.3 Å². The van der Waals surface area contributed by atoms with Crippen molar-refractivity contribution in [2.75, 3.05) is 5.32 Å². The summed E-state index contributed by atoms with van der Waals surface area (Å²) in [6, 6.07) is 6.23. The molecular weight excluding hydrogens is 310 g/mol. The molecule has 1 aliphatic rings. The molecule has 8 heteroatoms. The SMILES string of the molecule is NC(=O)c1ccc(NC(=O)Cn2nc3n(c2=O)CCCCC3)cc1. The van der Waals surface area contributed by atoms with E-state index in [-0.39, 0.29) is 18.1 Å². The number of aryl methyl sites for hydroxylation is 1. The minimum absolute atomic E-state index is 0.142. The highest BCUT2D eigenvalue weighted by Gasteiger charge is 2.17. The highest BCUT2D eigenvalue weighted by molar-refractivity contribution is 5.94. The molecule has 0 saturated carbocycles. The van der Waals surface area contributed by atoms with Crippen molar-refractivity contribution in [3.05, 3.63) is 46.1 Å². The van der Waals surface area contributed by atoms with Gasteiger partial charge in [0.15, 0.2) is 0 Å². The Labute approximate surface area is 138 Å². The Morgan fingerprint density at radius 3 is 2.62 bits per heavy atom. The van der Waals surface area contributed by atoms with Gasteiger partial charge >= 0.3 is 5.69 Å². The zero-order valence-electron chi connectivity index (χ0n) is 13.2. The first-order chi connectivity index (χ1) is 11.5. The van der Waals surface area contributed by atoms with Gasteiger partial charge in [-0.25, -0.2) is 9.48 Å². The third-order valence-electron chi connectivity index (χ3n) is 4.03. The number of hydrogen-bond donors (Lipinski definition) is 2. The zero-order chi connectivity index (χ0) is 17.1. The lowest BCUT2D eigenvalue weighted by Crippen LogP contribution is -2.30. The second kappa shape index (κ2) is 6.69. The fraction of sp³-hybridized carbons (Fsp3) is 0.375. The largest absolute Gasteiger partial charge is 0.366 e. The van der Waals surface area contributed by atoms with Crippen LogP contribution in [0, 0.1) is 0 Å². The van der Waals surface area contributed by atoms with Crippen LogP contribution in [-0.4, -0.2) is 26.2 Å². The average molecular weight is 329 g/mol. The number of aromatic nitrogens is 3. The zero-order valence-corrected chi connectivity index (χ0v) is 13.2. The molecule has 1 aliphatic heterocycles. The van der Waals surface area contributed by atoms with Crippen LogP contribution in [0.4, 0.5) is 5.69 Å². The summed E-state index contributed by atoms with van der Waals surface area (Å²) in [7, 11) is 0. The van der Waals surface area contributed by atoms with E-state index in [1.165, 1.54) is 16.8 Å². The van der Waals surface area contributed by atoms with Crippen molar-refractivity contribution in [2.45, 2.75) is 38.8 Å². The van der Waals surface area contributed by atoms with Crippen LogP contribution in [0.1, 0.15) is 35.4 Å². The highest BCUT2D eigenvalue weighted by atomic mass is 16.2. The molecule has 1 aromatic carbocycles. The predicted molar refractivity (Wildman–Crippen MR) is 87.6 cm³/mol. The molecule has 0 saturated heterocycles.